The van der Waals surface area contributed by atoms with Crippen molar-refractivity contribution in [2.75, 3.05) is 6.61 Å². The number of rotatable bonds is 4. The first-order chi connectivity index (χ1) is 11.6. The molecule has 0 aliphatic carbocycles. The number of nitrogens with one attached hydrogen (secondary N) is 1. The number of hydrogen-bond donors (Lipinski definition) is 2. The number of amides is 1. The lowest BCUT2D eigenvalue weighted by Crippen LogP contribution is -2.31. The van der Waals surface area contributed by atoms with Gasteiger partial charge in [-0.3, -0.25) is 4.79 Å². The van der Waals surface area contributed by atoms with Crippen LogP contribution < -0.4 is 5.32 Å². The predicted octanol–water partition coefficient (Wildman–Crippen LogP) is 3.58. The Morgan fingerprint density at radius 2 is 1.75 bits per heavy atom. The molecular formula is C19H15F2NO2. The Bertz CT molecular complexity index is 895. The molecule has 3 rings (SSSR count). The molecule has 3 aromatic rings. The van der Waals surface area contributed by atoms with E-state index in [-0.39, 0.29) is 6.61 Å². The summed E-state index contributed by atoms with van der Waals surface area (Å²) in [5.74, 6) is -3.07. The first-order valence-corrected chi connectivity index (χ1v) is 7.44. The van der Waals surface area contributed by atoms with Gasteiger partial charge >= 0.3 is 0 Å². The molecule has 122 valence electrons. The van der Waals surface area contributed by atoms with E-state index in [0.717, 1.165) is 16.8 Å². The van der Waals surface area contributed by atoms with Crippen molar-refractivity contribution in [1.82, 2.24) is 5.32 Å². The van der Waals surface area contributed by atoms with Gasteiger partial charge in [-0.2, -0.15) is 0 Å². The molecule has 0 heterocycles. The fourth-order valence-electron chi connectivity index (χ4n) is 2.57. The van der Waals surface area contributed by atoms with Crippen molar-refractivity contribution >= 4 is 16.7 Å². The first kappa shape index (κ1) is 16.1. The monoisotopic (exact) mass is 327 g/mol. The van der Waals surface area contributed by atoms with Crippen LogP contribution >= 0.6 is 0 Å². The van der Waals surface area contributed by atoms with E-state index < -0.39 is 29.1 Å². The summed E-state index contributed by atoms with van der Waals surface area (Å²) in [5, 5.41) is 14.1. The van der Waals surface area contributed by atoms with Crippen LogP contribution in [0.4, 0.5) is 8.78 Å². The van der Waals surface area contributed by atoms with Gasteiger partial charge < -0.3 is 10.4 Å². The lowest BCUT2D eigenvalue weighted by Gasteiger charge is -2.17. The van der Waals surface area contributed by atoms with E-state index in [1.54, 1.807) is 6.07 Å². The van der Waals surface area contributed by atoms with Gasteiger partial charge in [0, 0.05) is 0 Å². The van der Waals surface area contributed by atoms with Crippen LogP contribution in [0.5, 0.6) is 0 Å². The third-order valence-electron chi connectivity index (χ3n) is 3.86. The quantitative estimate of drug-likeness (QED) is 0.769. The van der Waals surface area contributed by atoms with E-state index in [9.17, 15) is 18.7 Å². The Balaban J connectivity index is 1.88. The molecule has 1 atom stereocenters. The van der Waals surface area contributed by atoms with Crippen LogP contribution in [0.25, 0.3) is 10.8 Å². The number of carbonyl (C=O) groups excluding carboxylic acids is 1. The summed E-state index contributed by atoms with van der Waals surface area (Å²) in [7, 11) is 0. The highest BCUT2D eigenvalue weighted by Gasteiger charge is 2.19. The van der Waals surface area contributed by atoms with Gasteiger partial charge in [0.25, 0.3) is 5.91 Å². The van der Waals surface area contributed by atoms with Crippen molar-refractivity contribution in [3.05, 3.63) is 83.4 Å². The van der Waals surface area contributed by atoms with Crippen molar-refractivity contribution in [2.24, 2.45) is 0 Å². The molecule has 1 amide bonds. The second-order valence-electron chi connectivity index (χ2n) is 5.42. The second kappa shape index (κ2) is 6.76. The van der Waals surface area contributed by atoms with Crippen LogP contribution in [0, 0.1) is 11.6 Å². The molecule has 0 saturated carbocycles. The standard InChI is InChI=1S/C19H15F2NO2/c20-16-7-3-6-15(18(16)21)19(24)22-17(11-23)14-9-8-12-4-1-2-5-13(12)10-14/h1-10,17,23H,11H2,(H,22,24). The summed E-state index contributed by atoms with van der Waals surface area (Å²) in [6, 6.07) is 15.9. The molecule has 0 radical (unpaired) electrons. The minimum Gasteiger partial charge on any atom is -0.394 e. The number of aliphatic hydroxyl groups excluding tert-OH is 1. The Labute approximate surface area is 137 Å². The van der Waals surface area contributed by atoms with Crippen molar-refractivity contribution in [3.63, 3.8) is 0 Å². The van der Waals surface area contributed by atoms with Gasteiger partial charge in [0.2, 0.25) is 0 Å². The minimum atomic E-state index is -1.20. The summed E-state index contributed by atoms with van der Waals surface area (Å²) in [5.41, 5.74) is 0.288. The maximum Gasteiger partial charge on any atom is 0.254 e. The molecular weight excluding hydrogens is 312 g/mol. The lowest BCUT2D eigenvalue weighted by molar-refractivity contribution is 0.0911. The molecule has 2 N–H and O–H groups in total. The largest absolute Gasteiger partial charge is 0.394 e. The average molecular weight is 327 g/mol. The lowest BCUT2D eigenvalue weighted by atomic mass is 10.0. The summed E-state index contributed by atoms with van der Waals surface area (Å²) in [4.78, 5) is 12.2. The SMILES string of the molecule is O=C(NC(CO)c1ccc2ccccc2c1)c1cccc(F)c1F. The molecule has 0 fully saturated rings. The van der Waals surface area contributed by atoms with Crippen LogP contribution in [0.3, 0.4) is 0 Å². The van der Waals surface area contributed by atoms with Gasteiger partial charge in [-0.05, 0) is 34.5 Å². The Morgan fingerprint density at radius 3 is 2.50 bits per heavy atom. The van der Waals surface area contributed by atoms with Gasteiger partial charge in [0.15, 0.2) is 11.6 Å². The van der Waals surface area contributed by atoms with Crippen LogP contribution in [-0.2, 0) is 0 Å². The van der Waals surface area contributed by atoms with Crippen LogP contribution in [0.15, 0.2) is 60.7 Å². The molecule has 0 aromatic heterocycles. The van der Waals surface area contributed by atoms with Gasteiger partial charge in [0.1, 0.15) is 0 Å². The highest BCUT2D eigenvalue weighted by molar-refractivity contribution is 5.94. The van der Waals surface area contributed by atoms with Crippen LogP contribution in [0.2, 0.25) is 0 Å². The molecule has 0 aliphatic heterocycles. The van der Waals surface area contributed by atoms with Gasteiger partial charge in [-0.25, -0.2) is 8.78 Å². The predicted molar refractivity (Wildman–Crippen MR) is 87.6 cm³/mol. The van der Waals surface area contributed by atoms with E-state index in [2.05, 4.69) is 5.32 Å². The number of halogens is 2. The van der Waals surface area contributed by atoms with E-state index in [1.165, 1.54) is 12.1 Å². The molecule has 3 aromatic carbocycles. The van der Waals surface area contributed by atoms with E-state index >= 15 is 0 Å². The zero-order valence-corrected chi connectivity index (χ0v) is 12.7. The molecule has 5 heteroatoms. The normalized spacial score (nSPS) is 12.1. The van der Waals surface area contributed by atoms with Gasteiger partial charge in [-0.1, -0.05) is 42.5 Å². The Hall–Kier alpha value is -2.79. The molecule has 0 bridgehead atoms. The zero-order valence-electron chi connectivity index (χ0n) is 12.7. The zero-order chi connectivity index (χ0) is 17.1. The molecule has 0 aliphatic rings. The smallest absolute Gasteiger partial charge is 0.254 e. The van der Waals surface area contributed by atoms with Gasteiger partial charge in [-0.15, -0.1) is 0 Å². The molecule has 0 spiro atoms. The number of hydrogen-bond acceptors (Lipinski definition) is 2. The summed E-state index contributed by atoms with van der Waals surface area (Å²) >= 11 is 0. The third-order valence-corrected chi connectivity index (χ3v) is 3.86. The molecule has 0 saturated heterocycles. The maximum atomic E-state index is 13.7. The van der Waals surface area contributed by atoms with E-state index in [4.69, 9.17) is 0 Å². The van der Waals surface area contributed by atoms with Crippen molar-refractivity contribution in [1.29, 1.82) is 0 Å². The molecule has 24 heavy (non-hydrogen) atoms. The molecule has 3 nitrogen and oxygen atoms in total. The fourth-order valence-corrected chi connectivity index (χ4v) is 2.57. The third kappa shape index (κ3) is 3.12. The highest BCUT2D eigenvalue weighted by atomic mass is 19.2. The van der Waals surface area contributed by atoms with E-state index in [0.29, 0.717) is 5.56 Å². The van der Waals surface area contributed by atoms with Crippen molar-refractivity contribution in [3.8, 4) is 0 Å². The maximum absolute atomic E-state index is 13.7. The van der Waals surface area contributed by atoms with Crippen LogP contribution in [-0.4, -0.2) is 17.6 Å². The Morgan fingerprint density at radius 1 is 1.00 bits per heavy atom. The minimum absolute atomic E-state index is 0.360. The second-order valence-corrected chi connectivity index (χ2v) is 5.42. The van der Waals surface area contributed by atoms with E-state index in [1.807, 2.05) is 36.4 Å². The number of benzene rings is 3. The summed E-state index contributed by atoms with van der Waals surface area (Å²) in [6.07, 6.45) is 0. The van der Waals surface area contributed by atoms with Crippen LogP contribution in [0.1, 0.15) is 22.0 Å². The molecule has 1 unspecified atom stereocenters. The number of fused-ring (bicyclic) bond motifs is 1. The number of aliphatic hydroxyl groups is 1. The van der Waals surface area contributed by atoms with Gasteiger partial charge in [0.05, 0.1) is 18.2 Å². The first-order valence-electron chi connectivity index (χ1n) is 7.44. The average Bonchev–Trinajstić information content (AvgIpc) is 2.61. The highest BCUT2D eigenvalue weighted by Crippen LogP contribution is 2.21. The van der Waals surface area contributed by atoms with Crippen molar-refractivity contribution < 1.29 is 18.7 Å². The topological polar surface area (TPSA) is 49.3 Å². The Kier molecular flexibility index (Phi) is 4.53. The fraction of sp³-hybridized carbons (Fsp3) is 0.105. The number of carbonyl (C=O) groups is 1. The summed E-state index contributed by atoms with van der Waals surface area (Å²) < 4.78 is 27.0. The summed E-state index contributed by atoms with van der Waals surface area (Å²) in [6.45, 7) is -0.360. The van der Waals surface area contributed by atoms with Crippen molar-refractivity contribution in [2.45, 2.75) is 6.04 Å².